The minimum Gasteiger partial charge on any atom is -0.550 e. The standard InChI is InChI=1S/C12H19NO4/c1-11(2,3)17-10(16)13-6-8(9(14)15)12(7-13)4-5-12/h8H,4-7H2,1-3H3,(H,14,15)/p-1. The average molecular weight is 240 g/mol. The molecule has 0 N–H and O–H groups in total. The predicted molar refractivity (Wildman–Crippen MR) is 58.0 cm³/mol. The van der Waals surface area contributed by atoms with Crippen LogP contribution < -0.4 is 5.11 Å². The van der Waals surface area contributed by atoms with Crippen LogP contribution in [0.4, 0.5) is 4.79 Å². The van der Waals surface area contributed by atoms with Gasteiger partial charge >= 0.3 is 6.09 Å². The summed E-state index contributed by atoms with van der Waals surface area (Å²) < 4.78 is 5.24. The third-order valence-electron chi connectivity index (χ3n) is 3.48. The van der Waals surface area contributed by atoms with Crippen LogP contribution in [0.25, 0.3) is 0 Å². The Kier molecular flexibility index (Phi) is 2.60. The van der Waals surface area contributed by atoms with Crippen molar-refractivity contribution >= 4 is 12.1 Å². The quantitative estimate of drug-likeness (QED) is 0.664. The van der Waals surface area contributed by atoms with Gasteiger partial charge < -0.3 is 19.5 Å². The highest BCUT2D eigenvalue weighted by Gasteiger charge is 2.56. The molecule has 1 saturated carbocycles. The van der Waals surface area contributed by atoms with Crippen molar-refractivity contribution in [3.8, 4) is 0 Å². The normalized spacial score (nSPS) is 26.1. The van der Waals surface area contributed by atoms with Crippen LogP contribution in [0.3, 0.4) is 0 Å². The Morgan fingerprint density at radius 1 is 1.35 bits per heavy atom. The molecule has 0 aromatic carbocycles. The van der Waals surface area contributed by atoms with E-state index in [4.69, 9.17) is 4.74 Å². The molecule has 5 heteroatoms. The Morgan fingerprint density at radius 3 is 2.29 bits per heavy atom. The zero-order valence-corrected chi connectivity index (χ0v) is 10.5. The Balaban J connectivity index is 2.01. The van der Waals surface area contributed by atoms with Gasteiger partial charge in [0.1, 0.15) is 5.60 Å². The second-order valence-corrected chi connectivity index (χ2v) is 6.09. The fraction of sp³-hybridized carbons (Fsp3) is 0.833. The Hall–Kier alpha value is -1.26. The molecule has 1 unspecified atom stereocenters. The molecule has 1 amide bonds. The smallest absolute Gasteiger partial charge is 0.410 e. The van der Waals surface area contributed by atoms with Crippen molar-refractivity contribution in [3.05, 3.63) is 0 Å². The molecule has 2 rings (SSSR count). The molecule has 0 aromatic rings. The maximum Gasteiger partial charge on any atom is 0.410 e. The fourth-order valence-electron chi connectivity index (χ4n) is 2.43. The monoisotopic (exact) mass is 240 g/mol. The summed E-state index contributed by atoms with van der Waals surface area (Å²) in [6, 6.07) is 0. The molecule has 1 atom stereocenters. The Bertz CT molecular complexity index is 354. The van der Waals surface area contributed by atoms with Gasteiger partial charge in [-0.05, 0) is 39.0 Å². The zero-order chi connectivity index (χ0) is 12.8. The van der Waals surface area contributed by atoms with Crippen molar-refractivity contribution in [2.24, 2.45) is 11.3 Å². The first-order valence-corrected chi connectivity index (χ1v) is 5.92. The van der Waals surface area contributed by atoms with Gasteiger partial charge in [0.15, 0.2) is 0 Å². The van der Waals surface area contributed by atoms with Crippen LogP contribution in [0.5, 0.6) is 0 Å². The van der Waals surface area contributed by atoms with Gasteiger partial charge in [-0.3, -0.25) is 0 Å². The summed E-state index contributed by atoms with van der Waals surface area (Å²) in [5.41, 5.74) is -0.775. The number of nitrogens with zero attached hydrogens (tertiary/aromatic N) is 1. The molecule has 0 aromatic heterocycles. The van der Waals surface area contributed by atoms with Crippen LogP contribution in [0.1, 0.15) is 33.6 Å². The van der Waals surface area contributed by atoms with Crippen LogP contribution in [-0.4, -0.2) is 35.7 Å². The summed E-state index contributed by atoms with van der Waals surface area (Å²) in [5.74, 6) is -1.58. The highest BCUT2D eigenvalue weighted by Crippen LogP contribution is 2.56. The number of carboxylic acids is 1. The maximum absolute atomic E-state index is 11.8. The number of carbonyl (C=O) groups is 2. The first-order chi connectivity index (χ1) is 7.73. The zero-order valence-electron chi connectivity index (χ0n) is 10.5. The Labute approximate surface area is 101 Å². The van der Waals surface area contributed by atoms with Crippen LogP contribution in [0.15, 0.2) is 0 Å². The molecule has 0 radical (unpaired) electrons. The van der Waals surface area contributed by atoms with E-state index in [2.05, 4.69) is 0 Å². The number of ether oxygens (including phenoxy) is 1. The lowest BCUT2D eigenvalue weighted by atomic mass is 9.93. The first-order valence-electron chi connectivity index (χ1n) is 5.92. The minimum atomic E-state index is -1.05. The number of carboxylic acid groups (broad SMARTS) is 1. The van der Waals surface area contributed by atoms with Crippen LogP contribution in [0.2, 0.25) is 0 Å². The van der Waals surface area contributed by atoms with E-state index >= 15 is 0 Å². The largest absolute Gasteiger partial charge is 0.550 e. The summed E-state index contributed by atoms with van der Waals surface area (Å²) in [4.78, 5) is 24.4. The second kappa shape index (κ2) is 3.62. The van der Waals surface area contributed by atoms with E-state index < -0.39 is 23.6 Å². The van der Waals surface area contributed by atoms with E-state index in [1.807, 2.05) is 0 Å². The van der Waals surface area contributed by atoms with E-state index in [-0.39, 0.29) is 12.0 Å². The molecule has 1 aliphatic carbocycles. The molecule has 5 nitrogen and oxygen atoms in total. The number of carbonyl (C=O) groups excluding carboxylic acids is 2. The number of likely N-dealkylation sites (tertiary alicyclic amines) is 1. The van der Waals surface area contributed by atoms with Crippen molar-refractivity contribution < 1.29 is 19.4 Å². The van der Waals surface area contributed by atoms with E-state index in [1.54, 1.807) is 20.8 Å². The van der Waals surface area contributed by atoms with Gasteiger partial charge in [0, 0.05) is 25.0 Å². The fourth-order valence-corrected chi connectivity index (χ4v) is 2.43. The first kappa shape index (κ1) is 12.2. The maximum atomic E-state index is 11.8. The number of hydrogen-bond donors (Lipinski definition) is 0. The molecule has 1 heterocycles. The molecule has 1 saturated heterocycles. The highest BCUT2D eigenvalue weighted by atomic mass is 16.6. The van der Waals surface area contributed by atoms with Gasteiger partial charge in [-0.2, -0.15) is 0 Å². The summed E-state index contributed by atoms with van der Waals surface area (Å²) in [7, 11) is 0. The summed E-state index contributed by atoms with van der Waals surface area (Å²) >= 11 is 0. The van der Waals surface area contributed by atoms with Crippen LogP contribution in [0, 0.1) is 11.3 Å². The average Bonchev–Trinajstić information content (AvgIpc) is 2.74. The van der Waals surface area contributed by atoms with Gasteiger partial charge in [-0.15, -0.1) is 0 Å². The second-order valence-electron chi connectivity index (χ2n) is 6.09. The summed E-state index contributed by atoms with van der Waals surface area (Å²) in [6.07, 6.45) is 1.31. The molecule has 17 heavy (non-hydrogen) atoms. The molecule has 1 spiro atoms. The van der Waals surface area contributed by atoms with Gasteiger partial charge in [0.25, 0.3) is 0 Å². The minimum absolute atomic E-state index is 0.219. The lowest BCUT2D eigenvalue weighted by molar-refractivity contribution is -0.312. The van der Waals surface area contributed by atoms with Gasteiger partial charge in [0.2, 0.25) is 0 Å². The topological polar surface area (TPSA) is 69.7 Å². The van der Waals surface area contributed by atoms with E-state index in [0.717, 1.165) is 12.8 Å². The van der Waals surface area contributed by atoms with Crippen molar-refractivity contribution in [2.45, 2.75) is 39.2 Å². The molecule has 2 fully saturated rings. The van der Waals surface area contributed by atoms with E-state index in [9.17, 15) is 14.7 Å². The number of aliphatic carboxylic acids is 1. The van der Waals surface area contributed by atoms with Gasteiger partial charge in [-0.25, -0.2) is 4.79 Å². The molecular formula is C12H18NO4-. The lowest BCUT2D eigenvalue weighted by Crippen LogP contribution is -2.38. The van der Waals surface area contributed by atoms with Crippen LogP contribution in [-0.2, 0) is 9.53 Å². The lowest BCUT2D eigenvalue weighted by Gasteiger charge is -2.24. The summed E-state index contributed by atoms with van der Waals surface area (Å²) in [6.45, 7) is 6.09. The summed E-state index contributed by atoms with van der Waals surface area (Å²) in [5, 5.41) is 11.0. The molecule has 0 bridgehead atoms. The van der Waals surface area contributed by atoms with Crippen molar-refractivity contribution in [2.75, 3.05) is 13.1 Å². The number of amides is 1. The third kappa shape index (κ3) is 2.37. The third-order valence-corrected chi connectivity index (χ3v) is 3.48. The van der Waals surface area contributed by atoms with E-state index in [0.29, 0.717) is 6.54 Å². The highest BCUT2D eigenvalue weighted by molar-refractivity contribution is 5.75. The molecular weight excluding hydrogens is 222 g/mol. The van der Waals surface area contributed by atoms with Crippen molar-refractivity contribution in [3.63, 3.8) is 0 Å². The number of hydrogen-bond acceptors (Lipinski definition) is 4. The van der Waals surface area contributed by atoms with Gasteiger partial charge in [-0.1, -0.05) is 0 Å². The van der Waals surface area contributed by atoms with Crippen molar-refractivity contribution in [1.82, 2.24) is 4.90 Å². The predicted octanol–water partition coefficient (Wildman–Crippen LogP) is 0.383. The molecule has 2 aliphatic rings. The Morgan fingerprint density at radius 2 is 1.94 bits per heavy atom. The van der Waals surface area contributed by atoms with Gasteiger partial charge in [0.05, 0.1) is 0 Å². The van der Waals surface area contributed by atoms with E-state index in [1.165, 1.54) is 4.90 Å². The molecule has 1 aliphatic heterocycles. The number of rotatable bonds is 1. The van der Waals surface area contributed by atoms with Crippen LogP contribution >= 0.6 is 0 Å². The molecule has 96 valence electrons. The SMILES string of the molecule is CC(C)(C)OC(=O)N1CC(C(=O)[O-])C2(CC2)C1. The van der Waals surface area contributed by atoms with Crippen molar-refractivity contribution in [1.29, 1.82) is 0 Å².